The molecule has 2 aromatic heterocycles. The highest BCUT2D eigenvalue weighted by Gasteiger charge is 2.02. The second-order valence-electron chi connectivity index (χ2n) is 2.44. The second kappa shape index (κ2) is 2.46. The molecule has 2 aromatic rings. The summed E-state index contributed by atoms with van der Waals surface area (Å²) in [7, 11) is 0. The number of hydrogen-bond acceptors (Lipinski definition) is 3. The first-order valence-electron chi connectivity index (χ1n) is 3.47. The summed E-state index contributed by atoms with van der Waals surface area (Å²) >= 11 is 0. The minimum atomic E-state index is -0.222. The van der Waals surface area contributed by atoms with Gasteiger partial charge in [-0.25, -0.2) is 4.98 Å². The molecule has 62 valence electrons. The first kappa shape index (κ1) is 7.05. The van der Waals surface area contributed by atoms with Crippen molar-refractivity contribution in [3.05, 3.63) is 28.4 Å². The normalized spacial score (nSPS) is 10.8. The third-order valence-corrected chi connectivity index (χ3v) is 1.65. The summed E-state index contributed by atoms with van der Waals surface area (Å²) in [5.74, 6) is 0. The number of rotatable bonds is 1. The average molecular weight is 165 g/mol. The number of aromatic amines is 2. The fraction of sp³-hybridized carbons (Fsp3) is 0.143. The molecule has 0 radical (unpaired) electrons. The zero-order valence-electron chi connectivity index (χ0n) is 6.16. The summed E-state index contributed by atoms with van der Waals surface area (Å²) in [6.45, 7) is -0.115. The Morgan fingerprint density at radius 2 is 2.42 bits per heavy atom. The van der Waals surface area contributed by atoms with Crippen LogP contribution in [0.4, 0.5) is 0 Å². The molecule has 0 atom stereocenters. The zero-order chi connectivity index (χ0) is 8.55. The maximum Gasteiger partial charge on any atom is 0.275 e. The highest BCUT2D eigenvalue weighted by atomic mass is 16.3. The van der Waals surface area contributed by atoms with Crippen LogP contribution in [0.3, 0.4) is 0 Å². The Morgan fingerprint density at radius 3 is 3.08 bits per heavy atom. The molecule has 12 heavy (non-hydrogen) atoms. The largest absolute Gasteiger partial charge is 0.390 e. The molecule has 5 heteroatoms. The third-order valence-electron chi connectivity index (χ3n) is 1.65. The lowest BCUT2D eigenvalue weighted by Gasteiger charge is -1.84. The average Bonchev–Trinajstić information content (AvgIpc) is 2.49. The lowest BCUT2D eigenvalue weighted by molar-refractivity contribution is 0.278. The Hall–Kier alpha value is -1.62. The van der Waals surface area contributed by atoms with Crippen molar-refractivity contribution < 1.29 is 5.11 Å². The number of fused-ring (bicyclic) bond motifs is 1. The van der Waals surface area contributed by atoms with E-state index < -0.39 is 0 Å². The lowest BCUT2D eigenvalue weighted by Crippen LogP contribution is -2.05. The van der Waals surface area contributed by atoms with Gasteiger partial charge in [0.25, 0.3) is 5.56 Å². The monoisotopic (exact) mass is 165 g/mol. The van der Waals surface area contributed by atoms with E-state index in [1.54, 1.807) is 6.07 Å². The van der Waals surface area contributed by atoms with E-state index in [2.05, 4.69) is 15.0 Å². The van der Waals surface area contributed by atoms with Gasteiger partial charge in [-0.05, 0) is 6.07 Å². The van der Waals surface area contributed by atoms with Crippen molar-refractivity contribution in [1.82, 2.24) is 15.0 Å². The Kier molecular flexibility index (Phi) is 1.44. The topological polar surface area (TPSA) is 81.8 Å². The van der Waals surface area contributed by atoms with Crippen LogP contribution in [0.15, 0.2) is 17.2 Å². The van der Waals surface area contributed by atoms with Crippen molar-refractivity contribution in [3.63, 3.8) is 0 Å². The number of H-pyrrole nitrogens is 2. The summed E-state index contributed by atoms with van der Waals surface area (Å²) < 4.78 is 0. The van der Waals surface area contributed by atoms with E-state index in [0.29, 0.717) is 16.7 Å². The van der Waals surface area contributed by atoms with Gasteiger partial charge in [0, 0.05) is 5.69 Å². The van der Waals surface area contributed by atoms with E-state index in [4.69, 9.17) is 5.11 Å². The van der Waals surface area contributed by atoms with Crippen LogP contribution in [0.1, 0.15) is 5.69 Å². The molecule has 5 nitrogen and oxygen atoms in total. The zero-order valence-corrected chi connectivity index (χ0v) is 6.16. The van der Waals surface area contributed by atoms with Gasteiger partial charge in [-0.2, -0.15) is 0 Å². The molecule has 0 fully saturated rings. The Balaban J connectivity index is 2.83. The van der Waals surface area contributed by atoms with Gasteiger partial charge in [0.2, 0.25) is 0 Å². The van der Waals surface area contributed by atoms with Gasteiger partial charge in [-0.15, -0.1) is 0 Å². The second-order valence-corrected chi connectivity index (χ2v) is 2.44. The van der Waals surface area contributed by atoms with Gasteiger partial charge in [0.05, 0.1) is 18.5 Å². The smallest absolute Gasteiger partial charge is 0.275 e. The molecule has 2 heterocycles. The molecule has 0 aliphatic carbocycles. The van der Waals surface area contributed by atoms with E-state index in [-0.39, 0.29) is 12.2 Å². The standard InChI is InChI=1S/C7H7N3O2/c11-2-4-1-5-6(10-4)7(12)9-3-8-5/h1,3,10-11H,2H2,(H,8,9,12). The van der Waals surface area contributed by atoms with Gasteiger partial charge in [-0.3, -0.25) is 4.79 Å². The molecule has 3 N–H and O–H groups in total. The molecule has 0 amide bonds. The van der Waals surface area contributed by atoms with Crippen molar-refractivity contribution in [2.45, 2.75) is 6.61 Å². The van der Waals surface area contributed by atoms with Gasteiger partial charge in [0.15, 0.2) is 0 Å². The van der Waals surface area contributed by atoms with E-state index in [1.165, 1.54) is 6.33 Å². The molecule has 0 saturated carbocycles. The molecule has 0 bridgehead atoms. The van der Waals surface area contributed by atoms with Crippen LogP contribution in [-0.4, -0.2) is 20.1 Å². The van der Waals surface area contributed by atoms with Gasteiger partial charge in [-0.1, -0.05) is 0 Å². The summed E-state index contributed by atoms with van der Waals surface area (Å²) in [6.07, 6.45) is 1.33. The predicted octanol–water partition coefficient (Wildman–Crippen LogP) is -0.256. The quantitative estimate of drug-likeness (QED) is 0.544. The van der Waals surface area contributed by atoms with Crippen LogP contribution in [0.5, 0.6) is 0 Å². The predicted molar refractivity (Wildman–Crippen MR) is 42.6 cm³/mol. The fourth-order valence-corrected chi connectivity index (χ4v) is 1.09. The third kappa shape index (κ3) is 0.911. The Morgan fingerprint density at radius 1 is 1.58 bits per heavy atom. The molecule has 0 saturated heterocycles. The van der Waals surface area contributed by atoms with Crippen LogP contribution < -0.4 is 5.56 Å². The van der Waals surface area contributed by atoms with Crippen molar-refractivity contribution in [2.24, 2.45) is 0 Å². The van der Waals surface area contributed by atoms with Gasteiger partial charge < -0.3 is 15.1 Å². The number of aliphatic hydroxyl groups excluding tert-OH is 1. The summed E-state index contributed by atoms with van der Waals surface area (Å²) in [5.41, 5.74) is 1.35. The van der Waals surface area contributed by atoms with Crippen molar-refractivity contribution >= 4 is 11.0 Å². The molecule has 0 unspecified atom stereocenters. The van der Waals surface area contributed by atoms with Gasteiger partial charge >= 0.3 is 0 Å². The number of nitrogens with one attached hydrogen (secondary N) is 2. The first-order valence-corrected chi connectivity index (χ1v) is 3.47. The van der Waals surface area contributed by atoms with Crippen molar-refractivity contribution in [3.8, 4) is 0 Å². The van der Waals surface area contributed by atoms with Crippen LogP contribution in [0.2, 0.25) is 0 Å². The molecule has 0 aromatic carbocycles. The minimum absolute atomic E-state index is 0.115. The highest BCUT2D eigenvalue weighted by molar-refractivity contribution is 5.74. The maximum absolute atomic E-state index is 11.1. The molecule has 0 aliphatic rings. The number of hydrogen-bond donors (Lipinski definition) is 3. The fourth-order valence-electron chi connectivity index (χ4n) is 1.09. The minimum Gasteiger partial charge on any atom is -0.390 e. The van der Waals surface area contributed by atoms with E-state index in [9.17, 15) is 4.79 Å². The lowest BCUT2D eigenvalue weighted by atomic mass is 10.4. The molecule has 0 spiro atoms. The Labute approximate surface area is 67.1 Å². The maximum atomic E-state index is 11.1. The van der Waals surface area contributed by atoms with E-state index in [0.717, 1.165) is 0 Å². The van der Waals surface area contributed by atoms with E-state index in [1.807, 2.05) is 0 Å². The Bertz CT molecular complexity index is 457. The van der Waals surface area contributed by atoms with Crippen LogP contribution >= 0.6 is 0 Å². The summed E-state index contributed by atoms with van der Waals surface area (Å²) in [6, 6.07) is 1.64. The van der Waals surface area contributed by atoms with Gasteiger partial charge in [0.1, 0.15) is 5.52 Å². The van der Waals surface area contributed by atoms with Crippen LogP contribution in [0.25, 0.3) is 11.0 Å². The molecular formula is C7H7N3O2. The van der Waals surface area contributed by atoms with E-state index >= 15 is 0 Å². The SMILES string of the molecule is O=c1[nH]cnc2cc(CO)[nH]c12. The highest BCUT2D eigenvalue weighted by Crippen LogP contribution is 2.06. The van der Waals surface area contributed by atoms with Crippen LogP contribution in [0, 0.1) is 0 Å². The number of aromatic nitrogens is 3. The molecular weight excluding hydrogens is 158 g/mol. The molecule has 2 rings (SSSR count). The number of nitrogens with zero attached hydrogens (tertiary/aromatic N) is 1. The molecule has 0 aliphatic heterocycles. The van der Waals surface area contributed by atoms with Crippen LogP contribution in [-0.2, 0) is 6.61 Å². The summed E-state index contributed by atoms with van der Waals surface area (Å²) in [4.78, 5) is 20.2. The number of aliphatic hydroxyl groups is 1. The van der Waals surface area contributed by atoms with Crippen molar-refractivity contribution in [1.29, 1.82) is 0 Å². The first-order chi connectivity index (χ1) is 5.81. The summed E-state index contributed by atoms with van der Waals surface area (Å²) in [5, 5.41) is 8.76. The van der Waals surface area contributed by atoms with Crippen molar-refractivity contribution in [2.75, 3.05) is 0 Å².